The van der Waals surface area contributed by atoms with Crippen molar-refractivity contribution >= 4 is 17.6 Å². The minimum atomic E-state index is -1.03. The first-order chi connectivity index (χ1) is 11.0. The molecule has 0 amide bonds. The molecule has 1 N–H and O–H groups in total. The summed E-state index contributed by atoms with van der Waals surface area (Å²) in [5.74, 6) is -1.03. The summed E-state index contributed by atoms with van der Waals surface area (Å²) in [7, 11) is 0. The molecule has 0 bridgehead atoms. The van der Waals surface area contributed by atoms with E-state index in [4.69, 9.17) is 11.6 Å². The van der Waals surface area contributed by atoms with E-state index in [0.29, 0.717) is 16.3 Å². The van der Waals surface area contributed by atoms with E-state index < -0.39 is 5.97 Å². The van der Waals surface area contributed by atoms with E-state index in [1.54, 1.807) is 12.1 Å². The highest BCUT2D eigenvalue weighted by molar-refractivity contribution is 6.33. The molecule has 23 heavy (non-hydrogen) atoms. The van der Waals surface area contributed by atoms with Gasteiger partial charge in [-0.25, -0.2) is 9.48 Å². The van der Waals surface area contributed by atoms with Crippen LogP contribution in [0.3, 0.4) is 0 Å². The van der Waals surface area contributed by atoms with E-state index >= 15 is 0 Å². The predicted octanol–water partition coefficient (Wildman–Crippen LogP) is 4.51. The molecule has 0 spiro atoms. The SMILES string of the molecule is Cc1ccc(-n2nc(-c3ccccc3Cl)cc2C(=O)O)c(C)c1. The average molecular weight is 327 g/mol. The lowest BCUT2D eigenvalue weighted by molar-refractivity contribution is 0.0687. The number of hydrogen-bond donors (Lipinski definition) is 1. The first-order valence-corrected chi connectivity index (χ1v) is 7.51. The van der Waals surface area contributed by atoms with E-state index in [1.807, 2.05) is 50.2 Å². The number of nitrogens with zero attached hydrogens (tertiary/aromatic N) is 2. The topological polar surface area (TPSA) is 55.1 Å². The molecule has 5 heteroatoms. The summed E-state index contributed by atoms with van der Waals surface area (Å²) in [6, 6.07) is 14.6. The van der Waals surface area contributed by atoms with Gasteiger partial charge in [-0.1, -0.05) is 47.5 Å². The third-order valence-electron chi connectivity index (χ3n) is 3.66. The Kier molecular flexibility index (Phi) is 3.92. The third-order valence-corrected chi connectivity index (χ3v) is 3.99. The van der Waals surface area contributed by atoms with E-state index in [-0.39, 0.29) is 5.69 Å². The number of aryl methyl sites for hydroxylation is 2. The van der Waals surface area contributed by atoms with Gasteiger partial charge < -0.3 is 5.11 Å². The number of aromatic nitrogens is 2. The van der Waals surface area contributed by atoms with Gasteiger partial charge in [-0.15, -0.1) is 0 Å². The average Bonchev–Trinajstić information content (AvgIpc) is 2.92. The van der Waals surface area contributed by atoms with Crippen molar-refractivity contribution in [2.45, 2.75) is 13.8 Å². The Morgan fingerprint density at radius 3 is 2.52 bits per heavy atom. The van der Waals surface area contributed by atoms with Gasteiger partial charge in [0.15, 0.2) is 5.69 Å². The van der Waals surface area contributed by atoms with E-state index in [9.17, 15) is 9.90 Å². The van der Waals surface area contributed by atoms with Gasteiger partial charge in [-0.3, -0.25) is 0 Å². The molecule has 0 unspecified atom stereocenters. The Balaban J connectivity index is 2.21. The van der Waals surface area contributed by atoms with Gasteiger partial charge in [-0.2, -0.15) is 5.10 Å². The second-order valence-electron chi connectivity index (χ2n) is 5.40. The molecule has 1 heterocycles. The van der Waals surface area contributed by atoms with Crippen LogP contribution in [0.1, 0.15) is 21.6 Å². The first kappa shape index (κ1) is 15.3. The van der Waals surface area contributed by atoms with Crippen LogP contribution < -0.4 is 0 Å². The molecule has 2 aromatic carbocycles. The predicted molar refractivity (Wildman–Crippen MR) is 90.4 cm³/mol. The van der Waals surface area contributed by atoms with E-state index in [1.165, 1.54) is 4.68 Å². The van der Waals surface area contributed by atoms with Crippen LogP contribution in [0.2, 0.25) is 5.02 Å². The molecular weight excluding hydrogens is 312 g/mol. The maximum Gasteiger partial charge on any atom is 0.354 e. The lowest BCUT2D eigenvalue weighted by Crippen LogP contribution is -2.09. The molecule has 4 nitrogen and oxygen atoms in total. The maximum atomic E-state index is 11.6. The number of carboxylic acids is 1. The van der Waals surface area contributed by atoms with Crippen molar-refractivity contribution in [1.82, 2.24) is 9.78 Å². The normalized spacial score (nSPS) is 10.7. The van der Waals surface area contributed by atoms with Crippen LogP contribution >= 0.6 is 11.6 Å². The van der Waals surface area contributed by atoms with Crippen molar-refractivity contribution < 1.29 is 9.90 Å². The molecule has 0 aliphatic heterocycles. The molecule has 0 saturated heterocycles. The van der Waals surface area contributed by atoms with Gasteiger partial charge in [0.2, 0.25) is 0 Å². The van der Waals surface area contributed by atoms with E-state index in [0.717, 1.165) is 16.8 Å². The van der Waals surface area contributed by atoms with Crippen LogP contribution in [-0.4, -0.2) is 20.9 Å². The molecule has 3 rings (SSSR count). The maximum absolute atomic E-state index is 11.6. The van der Waals surface area contributed by atoms with Crippen molar-refractivity contribution in [3.8, 4) is 16.9 Å². The molecule has 0 aliphatic carbocycles. The second kappa shape index (κ2) is 5.89. The number of carbonyl (C=O) groups is 1. The first-order valence-electron chi connectivity index (χ1n) is 7.13. The summed E-state index contributed by atoms with van der Waals surface area (Å²) < 4.78 is 1.45. The fourth-order valence-electron chi connectivity index (χ4n) is 2.56. The van der Waals surface area contributed by atoms with Gasteiger partial charge in [0.05, 0.1) is 16.4 Å². The summed E-state index contributed by atoms with van der Waals surface area (Å²) in [6.07, 6.45) is 0. The van der Waals surface area contributed by atoms with Gasteiger partial charge >= 0.3 is 5.97 Å². The van der Waals surface area contributed by atoms with Crippen molar-refractivity contribution in [3.63, 3.8) is 0 Å². The van der Waals surface area contributed by atoms with Crippen molar-refractivity contribution in [2.75, 3.05) is 0 Å². The Morgan fingerprint density at radius 1 is 1.13 bits per heavy atom. The molecule has 1 aromatic heterocycles. The lowest BCUT2D eigenvalue weighted by Gasteiger charge is -2.09. The highest BCUT2D eigenvalue weighted by Crippen LogP contribution is 2.28. The zero-order valence-electron chi connectivity index (χ0n) is 12.7. The summed E-state index contributed by atoms with van der Waals surface area (Å²) in [5.41, 5.74) is 4.16. The molecule has 0 radical (unpaired) electrons. The quantitative estimate of drug-likeness (QED) is 0.770. The van der Waals surface area contributed by atoms with Gasteiger partial charge in [-0.05, 0) is 37.6 Å². The van der Waals surface area contributed by atoms with Crippen LogP contribution in [0.25, 0.3) is 16.9 Å². The fourth-order valence-corrected chi connectivity index (χ4v) is 2.79. The van der Waals surface area contributed by atoms with Gasteiger partial charge in [0.1, 0.15) is 0 Å². The minimum Gasteiger partial charge on any atom is -0.477 e. The van der Waals surface area contributed by atoms with Gasteiger partial charge in [0, 0.05) is 5.56 Å². The summed E-state index contributed by atoms with van der Waals surface area (Å²) in [4.78, 5) is 11.6. The van der Waals surface area contributed by atoms with Crippen LogP contribution in [0.15, 0.2) is 48.5 Å². The zero-order chi connectivity index (χ0) is 16.6. The van der Waals surface area contributed by atoms with Crippen LogP contribution in [0.5, 0.6) is 0 Å². The molecule has 0 atom stereocenters. The smallest absolute Gasteiger partial charge is 0.354 e. The number of aromatic carboxylic acids is 1. The van der Waals surface area contributed by atoms with Crippen LogP contribution in [0, 0.1) is 13.8 Å². The highest BCUT2D eigenvalue weighted by atomic mass is 35.5. The fraction of sp³-hybridized carbons (Fsp3) is 0.111. The number of benzene rings is 2. The number of halogens is 1. The third kappa shape index (κ3) is 2.85. The number of hydrogen-bond acceptors (Lipinski definition) is 2. The Hall–Kier alpha value is -2.59. The van der Waals surface area contributed by atoms with Crippen LogP contribution in [-0.2, 0) is 0 Å². The minimum absolute atomic E-state index is 0.104. The van der Waals surface area contributed by atoms with Crippen LogP contribution in [0.4, 0.5) is 0 Å². The van der Waals surface area contributed by atoms with E-state index in [2.05, 4.69) is 5.10 Å². The van der Waals surface area contributed by atoms with Crippen molar-refractivity contribution in [2.24, 2.45) is 0 Å². The molecule has 116 valence electrons. The standard InChI is InChI=1S/C18H15ClN2O2/c1-11-7-8-16(12(2)9-11)21-17(18(22)23)10-15(20-21)13-5-3-4-6-14(13)19/h3-10H,1-2H3,(H,22,23). The Bertz CT molecular complexity index is 900. The Labute approximate surface area is 139 Å². The highest BCUT2D eigenvalue weighted by Gasteiger charge is 2.18. The molecule has 0 aliphatic rings. The number of rotatable bonds is 3. The van der Waals surface area contributed by atoms with Crippen molar-refractivity contribution in [1.29, 1.82) is 0 Å². The summed E-state index contributed by atoms with van der Waals surface area (Å²) >= 11 is 6.20. The summed E-state index contributed by atoms with van der Waals surface area (Å²) in [5, 5.41) is 14.5. The number of carboxylic acid groups (broad SMARTS) is 1. The molecule has 3 aromatic rings. The Morgan fingerprint density at radius 2 is 1.87 bits per heavy atom. The zero-order valence-corrected chi connectivity index (χ0v) is 13.5. The van der Waals surface area contributed by atoms with Crippen molar-refractivity contribution in [3.05, 3.63) is 70.4 Å². The van der Waals surface area contributed by atoms with Gasteiger partial charge in [0.25, 0.3) is 0 Å². The molecular formula is C18H15ClN2O2. The second-order valence-corrected chi connectivity index (χ2v) is 5.81. The lowest BCUT2D eigenvalue weighted by atomic mass is 10.1. The molecule has 0 saturated carbocycles. The monoisotopic (exact) mass is 326 g/mol. The summed E-state index contributed by atoms with van der Waals surface area (Å²) in [6.45, 7) is 3.93. The molecule has 0 fully saturated rings. The largest absolute Gasteiger partial charge is 0.477 e.